The van der Waals surface area contributed by atoms with Gasteiger partial charge in [-0.3, -0.25) is 4.79 Å². The van der Waals surface area contributed by atoms with Crippen LogP contribution in [0.5, 0.6) is 5.75 Å². The quantitative estimate of drug-likeness (QED) is 0.207. The first-order valence-electron chi connectivity index (χ1n) is 9.87. The van der Waals surface area contributed by atoms with Crippen LogP contribution in [0.1, 0.15) is 38.2 Å². The fourth-order valence-electron chi connectivity index (χ4n) is 2.71. The first kappa shape index (κ1) is 20.9. The number of rotatable bonds is 11. The Morgan fingerprint density at radius 1 is 1.17 bits per heavy atom. The van der Waals surface area contributed by atoms with E-state index in [0.717, 1.165) is 40.5 Å². The molecule has 1 amide bonds. The van der Waals surface area contributed by atoms with Crippen molar-refractivity contribution >= 4 is 34.9 Å². The number of imidazole rings is 1. The van der Waals surface area contributed by atoms with Crippen molar-refractivity contribution in [1.82, 2.24) is 15.4 Å². The number of ether oxygens (including phenoxy) is 1. The van der Waals surface area contributed by atoms with Gasteiger partial charge in [0.2, 0.25) is 0 Å². The van der Waals surface area contributed by atoms with E-state index in [1.807, 2.05) is 48.5 Å². The summed E-state index contributed by atoms with van der Waals surface area (Å²) in [5.41, 5.74) is 5.29. The number of para-hydroxylation sites is 2. The lowest BCUT2D eigenvalue weighted by molar-refractivity contribution is -0.118. The number of hydrogen-bond donors (Lipinski definition) is 2. The molecule has 0 spiro atoms. The molecule has 0 aliphatic carbocycles. The Labute approximate surface area is 175 Å². The molecule has 0 unspecified atom stereocenters. The molecule has 2 aromatic carbocycles. The first-order valence-corrected chi connectivity index (χ1v) is 10.9. The number of hydrazone groups is 1. The van der Waals surface area contributed by atoms with Crippen LogP contribution in [0.15, 0.2) is 58.8 Å². The summed E-state index contributed by atoms with van der Waals surface area (Å²) in [6.07, 6.45) is 6.38. The molecule has 0 saturated carbocycles. The normalized spacial score (nSPS) is 11.2. The van der Waals surface area contributed by atoms with E-state index in [1.165, 1.54) is 31.0 Å². The summed E-state index contributed by atoms with van der Waals surface area (Å²) in [5, 5.41) is 4.73. The maximum Gasteiger partial charge on any atom is 0.250 e. The Hall–Kier alpha value is -2.80. The number of amides is 1. The van der Waals surface area contributed by atoms with Crippen LogP contribution in [0.2, 0.25) is 0 Å². The molecule has 0 aliphatic rings. The standard InChI is InChI=1S/C22H26N4O2S/c1-2-3-4-7-14-28-18-12-10-17(11-13-18)15-23-26-21(27)16-29-22-24-19-8-5-6-9-20(19)25-22/h5-6,8-13,15H,2-4,7,14,16H2,1H3,(H,24,25)(H,26,27)/b23-15-. The number of nitrogens with zero attached hydrogens (tertiary/aromatic N) is 2. The summed E-state index contributed by atoms with van der Waals surface area (Å²) < 4.78 is 5.72. The Morgan fingerprint density at radius 2 is 2.00 bits per heavy atom. The lowest BCUT2D eigenvalue weighted by atomic mass is 10.2. The SMILES string of the molecule is CCCCCCOc1ccc(/C=N\NC(=O)CSc2nc3ccccc3[nH]2)cc1. The van der Waals surface area contributed by atoms with Gasteiger partial charge in [-0.05, 0) is 48.4 Å². The van der Waals surface area contributed by atoms with Crippen LogP contribution in [-0.2, 0) is 4.79 Å². The highest BCUT2D eigenvalue weighted by molar-refractivity contribution is 7.99. The zero-order valence-corrected chi connectivity index (χ0v) is 17.4. The minimum atomic E-state index is -0.182. The molecule has 3 rings (SSSR count). The van der Waals surface area contributed by atoms with E-state index in [4.69, 9.17) is 4.74 Å². The van der Waals surface area contributed by atoms with Crippen LogP contribution in [0.25, 0.3) is 11.0 Å². The molecule has 2 N–H and O–H groups in total. The second-order valence-electron chi connectivity index (χ2n) is 6.62. The van der Waals surface area contributed by atoms with E-state index in [2.05, 4.69) is 27.4 Å². The van der Waals surface area contributed by atoms with Gasteiger partial charge in [0.1, 0.15) is 5.75 Å². The van der Waals surface area contributed by atoms with Crippen LogP contribution in [0.4, 0.5) is 0 Å². The van der Waals surface area contributed by atoms with Crippen LogP contribution in [0, 0.1) is 0 Å². The van der Waals surface area contributed by atoms with Gasteiger partial charge in [0, 0.05) is 0 Å². The minimum Gasteiger partial charge on any atom is -0.494 e. The van der Waals surface area contributed by atoms with Crippen molar-refractivity contribution in [3.05, 3.63) is 54.1 Å². The highest BCUT2D eigenvalue weighted by Crippen LogP contribution is 2.18. The van der Waals surface area contributed by atoms with Gasteiger partial charge < -0.3 is 9.72 Å². The molecular formula is C22H26N4O2S. The van der Waals surface area contributed by atoms with Gasteiger partial charge in [0.25, 0.3) is 5.91 Å². The van der Waals surface area contributed by atoms with Crippen molar-refractivity contribution in [1.29, 1.82) is 0 Å². The van der Waals surface area contributed by atoms with Crippen LogP contribution in [0.3, 0.4) is 0 Å². The van der Waals surface area contributed by atoms with Crippen LogP contribution in [-0.4, -0.2) is 34.4 Å². The average molecular weight is 411 g/mol. The summed E-state index contributed by atoms with van der Waals surface area (Å²) in [5.74, 6) is 0.908. The van der Waals surface area contributed by atoms with E-state index >= 15 is 0 Å². The van der Waals surface area contributed by atoms with E-state index in [9.17, 15) is 4.79 Å². The van der Waals surface area contributed by atoms with Crippen LogP contribution >= 0.6 is 11.8 Å². The third-order valence-corrected chi connectivity index (χ3v) is 5.13. The number of thioether (sulfide) groups is 1. The number of carbonyl (C=O) groups excluding carboxylic acids is 1. The van der Waals surface area contributed by atoms with E-state index in [1.54, 1.807) is 6.21 Å². The van der Waals surface area contributed by atoms with Gasteiger partial charge in [-0.25, -0.2) is 10.4 Å². The zero-order chi connectivity index (χ0) is 20.3. The van der Waals surface area contributed by atoms with Crippen molar-refractivity contribution in [2.45, 2.75) is 37.8 Å². The van der Waals surface area contributed by atoms with Crippen molar-refractivity contribution in [2.24, 2.45) is 5.10 Å². The van der Waals surface area contributed by atoms with Crippen molar-refractivity contribution < 1.29 is 9.53 Å². The zero-order valence-electron chi connectivity index (χ0n) is 16.6. The third-order valence-electron chi connectivity index (χ3n) is 4.26. The Balaban J connectivity index is 1.38. The summed E-state index contributed by atoms with van der Waals surface area (Å²) in [4.78, 5) is 19.6. The van der Waals surface area contributed by atoms with Crippen molar-refractivity contribution in [3.8, 4) is 5.75 Å². The predicted molar refractivity (Wildman–Crippen MR) is 119 cm³/mol. The third kappa shape index (κ3) is 6.94. The molecule has 1 aromatic heterocycles. The summed E-state index contributed by atoms with van der Waals surface area (Å²) in [7, 11) is 0. The number of nitrogens with one attached hydrogen (secondary N) is 2. The smallest absolute Gasteiger partial charge is 0.250 e. The highest BCUT2D eigenvalue weighted by atomic mass is 32.2. The molecule has 0 atom stereocenters. The van der Waals surface area contributed by atoms with E-state index < -0.39 is 0 Å². The van der Waals surface area contributed by atoms with Gasteiger partial charge in [-0.1, -0.05) is 50.1 Å². The fourth-order valence-corrected chi connectivity index (χ4v) is 3.39. The number of unbranched alkanes of at least 4 members (excludes halogenated alkanes) is 3. The van der Waals surface area contributed by atoms with E-state index in [0.29, 0.717) is 0 Å². The maximum atomic E-state index is 12.0. The number of hydrogen-bond acceptors (Lipinski definition) is 5. The largest absolute Gasteiger partial charge is 0.494 e. The lowest BCUT2D eigenvalue weighted by Gasteiger charge is -2.05. The molecule has 0 saturated heterocycles. The lowest BCUT2D eigenvalue weighted by Crippen LogP contribution is -2.19. The van der Waals surface area contributed by atoms with Crippen LogP contribution < -0.4 is 10.2 Å². The average Bonchev–Trinajstić information content (AvgIpc) is 3.16. The fraction of sp³-hybridized carbons (Fsp3) is 0.318. The maximum absolute atomic E-state index is 12.0. The Bertz CT molecular complexity index is 904. The summed E-state index contributed by atoms with van der Waals surface area (Å²) in [6, 6.07) is 15.4. The van der Waals surface area contributed by atoms with Crippen molar-refractivity contribution in [3.63, 3.8) is 0 Å². The van der Waals surface area contributed by atoms with E-state index in [-0.39, 0.29) is 11.7 Å². The molecule has 7 heteroatoms. The predicted octanol–water partition coefficient (Wildman–Crippen LogP) is 4.76. The minimum absolute atomic E-state index is 0.182. The number of benzene rings is 2. The molecule has 1 heterocycles. The number of H-pyrrole nitrogens is 1. The topological polar surface area (TPSA) is 79.4 Å². The number of carbonyl (C=O) groups is 1. The van der Waals surface area contributed by atoms with Gasteiger partial charge in [-0.15, -0.1) is 0 Å². The monoisotopic (exact) mass is 410 g/mol. The van der Waals surface area contributed by atoms with Gasteiger partial charge in [-0.2, -0.15) is 5.10 Å². The van der Waals surface area contributed by atoms with Gasteiger partial charge >= 0.3 is 0 Å². The second-order valence-corrected chi connectivity index (χ2v) is 7.58. The molecule has 0 bridgehead atoms. The van der Waals surface area contributed by atoms with Gasteiger partial charge in [0.15, 0.2) is 5.16 Å². The Morgan fingerprint density at radius 3 is 2.79 bits per heavy atom. The number of fused-ring (bicyclic) bond motifs is 1. The summed E-state index contributed by atoms with van der Waals surface area (Å²) >= 11 is 1.35. The molecule has 29 heavy (non-hydrogen) atoms. The molecule has 0 aliphatic heterocycles. The molecule has 0 fully saturated rings. The second kappa shape index (κ2) is 11.3. The molecule has 3 aromatic rings. The molecule has 0 radical (unpaired) electrons. The Kier molecular flexibility index (Phi) is 8.12. The first-order chi connectivity index (χ1) is 14.2. The van der Waals surface area contributed by atoms with Crippen molar-refractivity contribution in [2.75, 3.05) is 12.4 Å². The molecule has 152 valence electrons. The molecule has 6 nitrogen and oxygen atoms in total. The highest BCUT2D eigenvalue weighted by Gasteiger charge is 2.06. The van der Waals surface area contributed by atoms with Gasteiger partial charge in [0.05, 0.1) is 29.6 Å². The molecular weight excluding hydrogens is 384 g/mol. The number of aromatic amines is 1. The number of aromatic nitrogens is 2. The summed E-state index contributed by atoms with van der Waals surface area (Å²) in [6.45, 7) is 2.94.